The molecule has 1 atom stereocenters. The first-order valence-corrected chi connectivity index (χ1v) is 10.2. The molecule has 1 amide bonds. The van der Waals surface area contributed by atoms with E-state index in [0.717, 1.165) is 16.7 Å². The number of alkyl carbamates (subject to hydrolysis) is 1. The van der Waals surface area contributed by atoms with Crippen LogP contribution in [0.1, 0.15) is 40.2 Å². The number of nitrogens with one attached hydrogen (secondary N) is 1. The summed E-state index contributed by atoms with van der Waals surface area (Å²) in [6.45, 7) is 9.17. The molecular weight excluding hydrogens is 378 g/mol. The Bertz CT molecular complexity index is 864. The van der Waals surface area contributed by atoms with Gasteiger partial charge in [0.25, 0.3) is 0 Å². The maximum Gasteiger partial charge on any atom is 0.408 e. The van der Waals surface area contributed by atoms with Crippen LogP contribution in [0.25, 0.3) is 11.1 Å². The van der Waals surface area contributed by atoms with Gasteiger partial charge >= 0.3 is 12.1 Å². The number of ether oxygens (including phenoxy) is 2. The van der Waals surface area contributed by atoms with Gasteiger partial charge in [0.1, 0.15) is 5.60 Å². The molecule has 0 saturated carbocycles. The molecule has 0 heterocycles. The molecule has 1 N–H and O–H groups in total. The Hall–Kier alpha value is -3.08. The van der Waals surface area contributed by atoms with Gasteiger partial charge in [0.15, 0.2) is 0 Å². The molecule has 160 valence electrons. The van der Waals surface area contributed by atoms with Crippen LogP contribution in [0.3, 0.4) is 0 Å². The molecule has 0 unspecified atom stereocenters. The van der Waals surface area contributed by atoms with Crippen LogP contribution in [0.5, 0.6) is 0 Å². The van der Waals surface area contributed by atoms with Crippen LogP contribution in [0.4, 0.5) is 4.79 Å². The Kier molecular flexibility index (Phi) is 8.22. The largest absolute Gasteiger partial charge is 0.463 e. The van der Waals surface area contributed by atoms with Gasteiger partial charge in [0, 0.05) is 5.57 Å². The van der Waals surface area contributed by atoms with Gasteiger partial charge in [-0.3, -0.25) is 0 Å². The molecule has 0 aliphatic rings. The number of hydrogen-bond donors (Lipinski definition) is 1. The molecule has 0 bridgehead atoms. The Morgan fingerprint density at radius 2 is 1.60 bits per heavy atom. The van der Waals surface area contributed by atoms with E-state index in [4.69, 9.17) is 9.47 Å². The highest BCUT2D eigenvalue weighted by molar-refractivity contribution is 5.88. The molecule has 2 aromatic carbocycles. The first-order chi connectivity index (χ1) is 14.2. The van der Waals surface area contributed by atoms with Crippen molar-refractivity contribution < 1.29 is 19.1 Å². The van der Waals surface area contributed by atoms with Gasteiger partial charge in [-0.2, -0.15) is 0 Å². The minimum atomic E-state index is -0.605. The fourth-order valence-electron chi connectivity index (χ4n) is 2.94. The first kappa shape index (κ1) is 23.2. The zero-order valence-corrected chi connectivity index (χ0v) is 18.4. The third-order valence-corrected chi connectivity index (χ3v) is 4.27. The number of esters is 1. The number of rotatable bonds is 7. The molecular formula is C25H31NO4. The van der Waals surface area contributed by atoms with E-state index < -0.39 is 23.7 Å². The lowest BCUT2D eigenvalue weighted by atomic mass is 10.00. The van der Waals surface area contributed by atoms with Gasteiger partial charge in [-0.15, -0.1) is 0 Å². The predicted molar refractivity (Wildman–Crippen MR) is 119 cm³/mol. The van der Waals surface area contributed by atoms with E-state index in [1.807, 2.05) is 51.1 Å². The van der Waals surface area contributed by atoms with Crippen LogP contribution in [0.15, 0.2) is 66.2 Å². The van der Waals surface area contributed by atoms with Crippen molar-refractivity contribution in [3.8, 4) is 11.1 Å². The highest BCUT2D eigenvalue weighted by atomic mass is 16.6. The van der Waals surface area contributed by atoms with Gasteiger partial charge in [0.2, 0.25) is 0 Å². The smallest absolute Gasteiger partial charge is 0.408 e. The van der Waals surface area contributed by atoms with Crippen molar-refractivity contribution in [3.05, 3.63) is 71.8 Å². The van der Waals surface area contributed by atoms with Crippen molar-refractivity contribution in [2.24, 2.45) is 0 Å². The number of carbonyl (C=O) groups is 2. The average Bonchev–Trinajstić information content (AvgIpc) is 2.68. The molecule has 5 heteroatoms. The third kappa shape index (κ3) is 7.74. The molecule has 0 aromatic heterocycles. The van der Waals surface area contributed by atoms with E-state index in [1.54, 1.807) is 19.9 Å². The number of amides is 1. The standard InChI is InChI=1S/C25H31NO4/c1-6-29-23(27)18(2)16-22(26-24(28)30-25(3,4)5)17-19-12-14-21(15-13-19)20-10-8-7-9-11-20/h7-16,22H,6,17H2,1-5H3,(H,26,28)/b18-16-/t22-/m1/s1. The first-order valence-electron chi connectivity index (χ1n) is 10.2. The summed E-state index contributed by atoms with van der Waals surface area (Å²) in [5, 5.41) is 2.85. The van der Waals surface area contributed by atoms with E-state index in [9.17, 15) is 9.59 Å². The van der Waals surface area contributed by atoms with Crippen LogP contribution in [-0.2, 0) is 20.7 Å². The quantitative estimate of drug-likeness (QED) is 0.498. The average molecular weight is 410 g/mol. The number of benzene rings is 2. The normalized spacial score (nSPS) is 12.8. The Balaban J connectivity index is 2.18. The zero-order chi connectivity index (χ0) is 22.1. The molecule has 5 nitrogen and oxygen atoms in total. The molecule has 0 fully saturated rings. The van der Waals surface area contributed by atoms with Crippen LogP contribution >= 0.6 is 0 Å². The topological polar surface area (TPSA) is 64.6 Å². The van der Waals surface area contributed by atoms with Crippen molar-refractivity contribution in [1.82, 2.24) is 5.32 Å². The summed E-state index contributed by atoms with van der Waals surface area (Å²) >= 11 is 0. The predicted octanol–water partition coefficient (Wildman–Crippen LogP) is 5.30. The maximum atomic E-state index is 12.3. The Morgan fingerprint density at radius 1 is 1.00 bits per heavy atom. The minimum Gasteiger partial charge on any atom is -0.463 e. The lowest BCUT2D eigenvalue weighted by Crippen LogP contribution is -2.39. The van der Waals surface area contributed by atoms with Gasteiger partial charge in [-0.1, -0.05) is 60.7 Å². The number of hydrogen-bond acceptors (Lipinski definition) is 4. The molecule has 0 aliphatic carbocycles. The summed E-state index contributed by atoms with van der Waals surface area (Å²) in [6, 6.07) is 17.9. The minimum absolute atomic E-state index is 0.301. The number of carbonyl (C=O) groups excluding carboxylic acids is 2. The van der Waals surface area contributed by atoms with Gasteiger partial charge in [0.05, 0.1) is 12.6 Å². The highest BCUT2D eigenvalue weighted by Gasteiger charge is 2.20. The Labute approximate surface area is 179 Å². The summed E-state index contributed by atoms with van der Waals surface area (Å²) in [6.07, 6.45) is 1.71. The maximum absolute atomic E-state index is 12.3. The molecule has 30 heavy (non-hydrogen) atoms. The highest BCUT2D eigenvalue weighted by Crippen LogP contribution is 2.20. The van der Waals surface area contributed by atoms with E-state index in [1.165, 1.54) is 0 Å². The second-order valence-corrected chi connectivity index (χ2v) is 8.09. The van der Waals surface area contributed by atoms with Gasteiger partial charge < -0.3 is 14.8 Å². The molecule has 2 aromatic rings. The van der Waals surface area contributed by atoms with Crippen LogP contribution in [0, 0.1) is 0 Å². The van der Waals surface area contributed by atoms with Gasteiger partial charge in [-0.25, -0.2) is 9.59 Å². The molecule has 0 radical (unpaired) electrons. The summed E-state index contributed by atoms with van der Waals surface area (Å²) in [7, 11) is 0. The van der Waals surface area contributed by atoms with Crippen LogP contribution in [-0.4, -0.2) is 30.3 Å². The van der Waals surface area contributed by atoms with Crippen molar-refractivity contribution in [3.63, 3.8) is 0 Å². The summed E-state index contributed by atoms with van der Waals surface area (Å²) in [5.41, 5.74) is 3.13. The van der Waals surface area contributed by atoms with Crippen molar-refractivity contribution in [2.45, 2.75) is 52.7 Å². The van der Waals surface area contributed by atoms with E-state index in [2.05, 4.69) is 29.6 Å². The second-order valence-electron chi connectivity index (χ2n) is 8.09. The summed E-state index contributed by atoms with van der Waals surface area (Å²) in [5.74, 6) is -0.395. The van der Waals surface area contributed by atoms with Crippen molar-refractivity contribution >= 4 is 12.1 Å². The van der Waals surface area contributed by atoms with E-state index in [-0.39, 0.29) is 0 Å². The van der Waals surface area contributed by atoms with Gasteiger partial charge in [-0.05, 0) is 57.7 Å². The lowest BCUT2D eigenvalue weighted by molar-refractivity contribution is -0.138. The summed E-state index contributed by atoms with van der Waals surface area (Å²) in [4.78, 5) is 24.3. The molecule has 2 rings (SSSR count). The summed E-state index contributed by atoms with van der Waals surface area (Å²) < 4.78 is 10.4. The SMILES string of the molecule is CCOC(=O)/C(C)=C\[C@H](Cc1ccc(-c2ccccc2)cc1)NC(=O)OC(C)(C)C. The third-order valence-electron chi connectivity index (χ3n) is 4.27. The molecule has 0 saturated heterocycles. The second kappa shape index (κ2) is 10.6. The lowest BCUT2D eigenvalue weighted by Gasteiger charge is -2.23. The monoisotopic (exact) mass is 409 g/mol. The van der Waals surface area contributed by atoms with E-state index in [0.29, 0.717) is 18.6 Å². The van der Waals surface area contributed by atoms with Crippen LogP contribution in [0.2, 0.25) is 0 Å². The van der Waals surface area contributed by atoms with Crippen molar-refractivity contribution in [2.75, 3.05) is 6.61 Å². The van der Waals surface area contributed by atoms with Crippen LogP contribution < -0.4 is 5.32 Å². The molecule has 0 spiro atoms. The molecule has 0 aliphatic heterocycles. The van der Waals surface area contributed by atoms with E-state index >= 15 is 0 Å². The zero-order valence-electron chi connectivity index (χ0n) is 18.4. The van der Waals surface area contributed by atoms with Crippen molar-refractivity contribution in [1.29, 1.82) is 0 Å². The Morgan fingerprint density at radius 3 is 2.17 bits per heavy atom. The fourth-order valence-corrected chi connectivity index (χ4v) is 2.94. The fraction of sp³-hybridized carbons (Fsp3) is 0.360.